The van der Waals surface area contributed by atoms with Crippen LogP contribution in [0.2, 0.25) is 0 Å². The van der Waals surface area contributed by atoms with E-state index in [1.54, 1.807) is 49.0 Å². The molecule has 0 N–H and O–H groups in total. The number of aromatic nitrogens is 1. The summed E-state index contributed by atoms with van der Waals surface area (Å²) in [6.07, 6.45) is 1.56. The minimum Gasteiger partial charge on any atom is -0.461 e. The zero-order valence-electron chi connectivity index (χ0n) is 14.8. The second kappa shape index (κ2) is 7.42. The van der Waals surface area contributed by atoms with E-state index in [9.17, 15) is 18.8 Å². The van der Waals surface area contributed by atoms with Crippen molar-refractivity contribution in [2.24, 2.45) is 7.05 Å². The first-order valence-electron chi connectivity index (χ1n) is 8.28. The molecule has 0 saturated carbocycles. The highest BCUT2D eigenvalue weighted by atomic mass is 19.1. The molecule has 0 amide bonds. The summed E-state index contributed by atoms with van der Waals surface area (Å²) in [4.78, 5) is 12.3. The third-order valence-electron chi connectivity index (χ3n) is 4.19. The molecule has 0 atom stereocenters. The fourth-order valence-electron chi connectivity index (χ4n) is 2.99. The van der Waals surface area contributed by atoms with Gasteiger partial charge in [-0.25, -0.2) is 13.6 Å². The highest BCUT2D eigenvalue weighted by molar-refractivity contribution is 5.98. The Bertz CT molecular complexity index is 1050. The van der Waals surface area contributed by atoms with Crippen LogP contribution < -0.4 is 0 Å². The molecule has 0 unspecified atom stereocenters. The lowest BCUT2D eigenvalue weighted by Crippen LogP contribution is -2.10. The number of carbonyl (C=O) groups excluding carboxylic acids is 1. The van der Waals surface area contributed by atoms with Crippen LogP contribution in [0.25, 0.3) is 22.3 Å². The molecule has 0 aliphatic carbocycles. The number of hydrogen-bond donors (Lipinski definition) is 0. The van der Waals surface area contributed by atoms with Gasteiger partial charge in [-0.2, -0.15) is 5.26 Å². The lowest BCUT2D eigenvalue weighted by atomic mass is 9.98. The van der Waals surface area contributed by atoms with Crippen molar-refractivity contribution in [2.75, 3.05) is 6.61 Å². The molecule has 3 rings (SSSR count). The molecule has 2 aromatic carbocycles. The SMILES string of the molecule is CCOC(=O)c1c(-c2ccc(-c3ccc(F)cc3F)cc2)c(C#N)cn1C. The number of ether oxygens (including phenoxy) is 1. The monoisotopic (exact) mass is 366 g/mol. The summed E-state index contributed by atoms with van der Waals surface area (Å²) in [6, 6.07) is 12.2. The van der Waals surface area contributed by atoms with E-state index < -0.39 is 17.6 Å². The molecule has 0 saturated heterocycles. The Balaban J connectivity index is 2.08. The maximum absolute atomic E-state index is 14.0. The fraction of sp³-hybridized carbons (Fsp3) is 0.143. The van der Waals surface area contributed by atoms with Gasteiger partial charge in [0.2, 0.25) is 0 Å². The lowest BCUT2D eigenvalue weighted by molar-refractivity contribution is 0.0516. The molecular formula is C21H16F2N2O2. The van der Waals surface area contributed by atoms with Gasteiger partial charge in [0.1, 0.15) is 23.4 Å². The van der Waals surface area contributed by atoms with Crippen LogP contribution >= 0.6 is 0 Å². The fourth-order valence-corrected chi connectivity index (χ4v) is 2.99. The van der Waals surface area contributed by atoms with Crippen molar-refractivity contribution < 1.29 is 18.3 Å². The van der Waals surface area contributed by atoms with Crippen molar-refractivity contribution in [3.63, 3.8) is 0 Å². The van der Waals surface area contributed by atoms with E-state index in [0.717, 1.165) is 6.07 Å². The Hall–Kier alpha value is -3.46. The first-order valence-corrected chi connectivity index (χ1v) is 8.28. The van der Waals surface area contributed by atoms with Gasteiger partial charge in [-0.15, -0.1) is 0 Å². The summed E-state index contributed by atoms with van der Waals surface area (Å²) in [5, 5.41) is 9.42. The maximum atomic E-state index is 14.0. The summed E-state index contributed by atoms with van der Waals surface area (Å²) >= 11 is 0. The molecule has 1 heterocycles. The van der Waals surface area contributed by atoms with Crippen LogP contribution in [0, 0.1) is 23.0 Å². The average molecular weight is 366 g/mol. The van der Waals surface area contributed by atoms with E-state index in [4.69, 9.17) is 4.74 Å². The Labute approximate surface area is 155 Å². The van der Waals surface area contributed by atoms with E-state index in [1.807, 2.05) is 0 Å². The van der Waals surface area contributed by atoms with Gasteiger partial charge in [-0.1, -0.05) is 24.3 Å². The van der Waals surface area contributed by atoms with Crippen molar-refractivity contribution in [1.29, 1.82) is 5.26 Å². The summed E-state index contributed by atoms with van der Waals surface area (Å²) in [5.41, 5.74) is 2.52. The summed E-state index contributed by atoms with van der Waals surface area (Å²) in [5.74, 6) is -1.83. The number of halogens is 2. The molecule has 0 aliphatic rings. The Morgan fingerprint density at radius 1 is 1.15 bits per heavy atom. The normalized spacial score (nSPS) is 10.5. The van der Waals surface area contributed by atoms with Crippen molar-refractivity contribution in [3.8, 4) is 28.3 Å². The van der Waals surface area contributed by atoms with Crippen molar-refractivity contribution >= 4 is 5.97 Å². The summed E-state index contributed by atoms with van der Waals surface area (Å²) in [6.45, 7) is 1.92. The number of benzene rings is 2. The highest BCUT2D eigenvalue weighted by Crippen LogP contribution is 2.32. The Morgan fingerprint density at radius 2 is 1.81 bits per heavy atom. The van der Waals surface area contributed by atoms with Crippen LogP contribution in [0.5, 0.6) is 0 Å². The Kier molecular flexibility index (Phi) is 5.04. The third-order valence-corrected chi connectivity index (χ3v) is 4.19. The van der Waals surface area contributed by atoms with E-state index in [2.05, 4.69) is 6.07 Å². The third kappa shape index (κ3) is 3.44. The van der Waals surface area contributed by atoms with Gasteiger partial charge < -0.3 is 9.30 Å². The summed E-state index contributed by atoms with van der Waals surface area (Å²) < 4.78 is 33.7. The van der Waals surface area contributed by atoms with Crippen LogP contribution in [0.1, 0.15) is 23.0 Å². The molecule has 0 fully saturated rings. The lowest BCUT2D eigenvalue weighted by Gasteiger charge is -2.09. The van der Waals surface area contributed by atoms with Crippen LogP contribution in [0.3, 0.4) is 0 Å². The minimum absolute atomic E-state index is 0.216. The molecule has 6 heteroatoms. The largest absolute Gasteiger partial charge is 0.461 e. The van der Waals surface area contributed by atoms with Gasteiger partial charge in [-0.05, 0) is 30.2 Å². The van der Waals surface area contributed by atoms with E-state index in [-0.39, 0.29) is 17.9 Å². The molecule has 136 valence electrons. The van der Waals surface area contributed by atoms with Gasteiger partial charge in [0.15, 0.2) is 0 Å². The minimum atomic E-state index is -0.660. The number of nitrogens with zero attached hydrogens (tertiary/aromatic N) is 2. The van der Waals surface area contributed by atoms with Crippen LogP contribution in [0.15, 0.2) is 48.7 Å². The van der Waals surface area contributed by atoms with E-state index >= 15 is 0 Å². The first-order chi connectivity index (χ1) is 13.0. The van der Waals surface area contributed by atoms with Crippen molar-refractivity contribution in [1.82, 2.24) is 4.57 Å². The van der Waals surface area contributed by atoms with Crippen molar-refractivity contribution in [3.05, 3.63) is 71.6 Å². The number of nitriles is 1. The topological polar surface area (TPSA) is 55.0 Å². The number of carbonyl (C=O) groups is 1. The number of rotatable bonds is 4. The molecule has 4 nitrogen and oxygen atoms in total. The van der Waals surface area contributed by atoms with E-state index in [1.165, 1.54) is 12.1 Å². The second-order valence-corrected chi connectivity index (χ2v) is 5.91. The smallest absolute Gasteiger partial charge is 0.355 e. The van der Waals surface area contributed by atoms with Gasteiger partial charge in [0, 0.05) is 30.4 Å². The second-order valence-electron chi connectivity index (χ2n) is 5.91. The molecule has 3 aromatic rings. The predicted molar refractivity (Wildman–Crippen MR) is 96.9 cm³/mol. The number of esters is 1. The molecule has 1 aromatic heterocycles. The quantitative estimate of drug-likeness (QED) is 0.630. The van der Waals surface area contributed by atoms with Gasteiger partial charge in [-0.3, -0.25) is 0 Å². The highest BCUT2D eigenvalue weighted by Gasteiger charge is 2.23. The zero-order valence-corrected chi connectivity index (χ0v) is 14.8. The molecular weight excluding hydrogens is 350 g/mol. The van der Waals surface area contributed by atoms with Crippen LogP contribution in [0.4, 0.5) is 8.78 Å². The summed E-state index contributed by atoms with van der Waals surface area (Å²) in [7, 11) is 1.67. The Morgan fingerprint density at radius 3 is 2.41 bits per heavy atom. The number of hydrogen-bond acceptors (Lipinski definition) is 3. The maximum Gasteiger partial charge on any atom is 0.355 e. The molecule has 0 bridgehead atoms. The number of aryl methyl sites for hydroxylation is 1. The van der Waals surface area contributed by atoms with Crippen LogP contribution in [-0.2, 0) is 11.8 Å². The van der Waals surface area contributed by atoms with Gasteiger partial charge in [0.05, 0.1) is 12.2 Å². The predicted octanol–water partition coefficient (Wildman–Crippen LogP) is 4.69. The zero-order chi connectivity index (χ0) is 19.6. The molecule has 0 aliphatic heterocycles. The standard InChI is InChI=1S/C21H16F2N2O2/c1-3-27-21(26)20-19(15(11-24)12-25(20)2)14-6-4-13(5-7-14)17-9-8-16(22)10-18(17)23/h4-10,12H,3H2,1-2H3. The first kappa shape index (κ1) is 18.3. The molecule has 0 radical (unpaired) electrons. The van der Waals surface area contributed by atoms with Crippen LogP contribution in [-0.4, -0.2) is 17.1 Å². The van der Waals surface area contributed by atoms with E-state index in [0.29, 0.717) is 22.3 Å². The van der Waals surface area contributed by atoms with Gasteiger partial charge >= 0.3 is 5.97 Å². The van der Waals surface area contributed by atoms with Gasteiger partial charge in [0.25, 0.3) is 0 Å². The molecule has 27 heavy (non-hydrogen) atoms. The van der Waals surface area contributed by atoms with Crippen molar-refractivity contribution in [2.45, 2.75) is 6.92 Å². The molecule has 0 spiro atoms. The average Bonchev–Trinajstić information content (AvgIpc) is 2.98.